The summed E-state index contributed by atoms with van der Waals surface area (Å²) in [7, 11) is 0. The molecule has 0 saturated heterocycles. The highest BCUT2D eigenvalue weighted by Gasteiger charge is 2.15. The first-order chi connectivity index (χ1) is 5.86. The molecule has 1 nitrogen and oxygen atoms in total. The largest absolute Gasteiger partial charge is 0.257 e. The van der Waals surface area contributed by atoms with Gasteiger partial charge in [0.15, 0.2) is 0 Å². The van der Waals surface area contributed by atoms with Gasteiger partial charge in [0.25, 0.3) is 0 Å². The van der Waals surface area contributed by atoms with Crippen molar-refractivity contribution in [2.24, 2.45) is 0 Å². The van der Waals surface area contributed by atoms with Gasteiger partial charge in [0, 0.05) is 11.0 Å². The molecule has 0 amide bonds. The lowest BCUT2D eigenvalue weighted by Gasteiger charge is -2.00. The molecule has 2 heteroatoms. The maximum atomic E-state index is 4.31. The summed E-state index contributed by atoms with van der Waals surface area (Å²) in [5, 5.41) is 0. The molecule has 1 aromatic rings. The molecule has 62 valence electrons. The number of pyridine rings is 1. The summed E-state index contributed by atoms with van der Waals surface area (Å²) in [5.74, 6) is 0. The molecule has 0 bridgehead atoms. The van der Waals surface area contributed by atoms with Crippen LogP contribution in [0.3, 0.4) is 0 Å². The van der Waals surface area contributed by atoms with Gasteiger partial charge in [-0.05, 0) is 30.5 Å². The number of aromatic nitrogens is 1. The van der Waals surface area contributed by atoms with Gasteiger partial charge in [-0.25, -0.2) is 0 Å². The fourth-order valence-corrected chi connectivity index (χ4v) is 1.97. The van der Waals surface area contributed by atoms with E-state index in [9.17, 15) is 0 Å². The van der Waals surface area contributed by atoms with E-state index >= 15 is 0 Å². The van der Waals surface area contributed by atoms with Crippen molar-refractivity contribution in [3.63, 3.8) is 0 Å². The Morgan fingerprint density at radius 3 is 2.92 bits per heavy atom. The van der Waals surface area contributed by atoms with Crippen molar-refractivity contribution in [1.82, 2.24) is 4.98 Å². The topological polar surface area (TPSA) is 12.9 Å². The fourth-order valence-electron chi connectivity index (χ4n) is 1.44. The van der Waals surface area contributed by atoms with Crippen molar-refractivity contribution >= 4 is 21.5 Å². The van der Waals surface area contributed by atoms with Crippen LogP contribution in [0.5, 0.6) is 0 Å². The van der Waals surface area contributed by atoms with E-state index in [2.05, 4.69) is 33.1 Å². The Morgan fingerprint density at radius 1 is 1.42 bits per heavy atom. The zero-order valence-corrected chi connectivity index (χ0v) is 8.29. The van der Waals surface area contributed by atoms with E-state index in [4.69, 9.17) is 0 Å². The molecule has 0 N–H and O–H groups in total. The third kappa shape index (κ3) is 1.58. The van der Waals surface area contributed by atoms with E-state index in [1.807, 2.05) is 18.3 Å². The first-order valence-corrected chi connectivity index (χ1v) is 5.02. The zero-order chi connectivity index (χ0) is 8.39. The summed E-state index contributed by atoms with van der Waals surface area (Å²) in [4.78, 5) is 4.93. The number of halogens is 1. The molecule has 0 radical (unpaired) electrons. The van der Waals surface area contributed by atoms with Crippen molar-refractivity contribution in [2.45, 2.75) is 17.7 Å². The third-order valence-corrected chi connectivity index (χ3v) is 2.75. The van der Waals surface area contributed by atoms with E-state index in [1.54, 1.807) is 0 Å². The molecular weight excluding hydrogens is 214 g/mol. The first kappa shape index (κ1) is 7.99. The van der Waals surface area contributed by atoms with Gasteiger partial charge >= 0.3 is 0 Å². The van der Waals surface area contributed by atoms with Crippen LogP contribution in [0.4, 0.5) is 0 Å². The summed E-state index contributed by atoms with van der Waals surface area (Å²) in [5.41, 5.74) is 2.50. The molecular formula is C10H10BrN. The van der Waals surface area contributed by atoms with Crippen LogP contribution in [-0.2, 0) is 0 Å². The van der Waals surface area contributed by atoms with Crippen molar-refractivity contribution in [1.29, 1.82) is 0 Å². The summed E-state index contributed by atoms with van der Waals surface area (Å²) >= 11 is 3.60. The lowest BCUT2D eigenvalue weighted by atomic mass is 10.1. The maximum Gasteiger partial charge on any atom is 0.0658 e. The molecule has 0 aliphatic heterocycles. The predicted octanol–water partition coefficient (Wildman–Crippen LogP) is 3.02. The van der Waals surface area contributed by atoms with Crippen LogP contribution in [0.2, 0.25) is 0 Å². The molecule has 1 aliphatic rings. The smallest absolute Gasteiger partial charge is 0.0658 e. The van der Waals surface area contributed by atoms with Gasteiger partial charge in [-0.3, -0.25) is 4.98 Å². The van der Waals surface area contributed by atoms with Crippen LogP contribution in [0.25, 0.3) is 5.57 Å². The van der Waals surface area contributed by atoms with Crippen LogP contribution in [0.1, 0.15) is 18.5 Å². The molecule has 1 atom stereocenters. The number of nitrogens with zero attached hydrogens (tertiary/aromatic N) is 1. The molecule has 0 aromatic carbocycles. The Hall–Kier alpha value is -0.630. The second kappa shape index (κ2) is 3.40. The van der Waals surface area contributed by atoms with E-state index in [0.29, 0.717) is 4.83 Å². The van der Waals surface area contributed by atoms with E-state index in [-0.39, 0.29) is 0 Å². The Bertz CT molecular complexity index is 292. The molecule has 1 aliphatic carbocycles. The number of rotatable bonds is 1. The second-order valence-corrected chi connectivity index (χ2v) is 4.28. The van der Waals surface area contributed by atoms with Gasteiger partial charge in [0.05, 0.1) is 5.69 Å². The fraction of sp³-hybridized carbons (Fsp3) is 0.300. The van der Waals surface area contributed by atoms with Gasteiger partial charge in [-0.15, -0.1) is 0 Å². The molecule has 1 aromatic heterocycles. The van der Waals surface area contributed by atoms with Gasteiger partial charge < -0.3 is 0 Å². The number of allylic oxidation sites excluding steroid dienone is 2. The van der Waals surface area contributed by atoms with Crippen molar-refractivity contribution < 1.29 is 0 Å². The monoisotopic (exact) mass is 223 g/mol. The lowest BCUT2D eigenvalue weighted by molar-refractivity contribution is 0.974. The van der Waals surface area contributed by atoms with Crippen LogP contribution in [0.15, 0.2) is 30.5 Å². The van der Waals surface area contributed by atoms with Crippen molar-refractivity contribution in [3.05, 3.63) is 36.2 Å². The normalized spacial score (nSPS) is 22.4. The molecule has 2 rings (SSSR count). The average Bonchev–Trinajstić information content (AvgIpc) is 2.54. The van der Waals surface area contributed by atoms with E-state index in [1.165, 1.54) is 5.57 Å². The number of hydrogen-bond acceptors (Lipinski definition) is 1. The Balaban J connectivity index is 2.22. The molecule has 12 heavy (non-hydrogen) atoms. The lowest BCUT2D eigenvalue weighted by Crippen LogP contribution is -1.90. The highest BCUT2D eigenvalue weighted by atomic mass is 79.9. The Kier molecular flexibility index (Phi) is 2.26. The maximum absolute atomic E-state index is 4.31. The number of alkyl halides is 1. The van der Waals surface area contributed by atoms with Crippen LogP contribution in [-0.4, -0.2) is 9.81 Å². The highest BCUT2D eigenvalue weighted by molar-refractivity contribution is 9.09. The summed E-state index contributed by atoms with van der Waals surface area (Å²) < 4.78 is 0. The SMILES string of the molecule is BrC1CC=C(c2ccccn2)C1. The van der Waals surface area contributed by atoms with Gasteiger partial charge in [0.2, 0.25) is 0 Å². The summed E-state index contributed by atoms with van der Waals surface area (Å²) in [6.07, 6.45) is 6.35. The molecule has 1 heterocycles. The minimum atomic E-state index is 0.620. The van der Waals surface area contributed by atoms with Crippen molar-refractivity contribution in [3.8, 4) is 0 Å². The Labute approximate surface area is 80.6 Å². The number of hydrogen-bond donors (Lipinski definition) is 0. The molecule has 0 spiro atoms. The summed E-state index contributed by atoms with van der Waals surface area (Å²) in [6, 6.07) is 6.05. The van der Waals surface area contributed by atoms with Crippen LogP contribution in [0, 0.1) is 0 Å². The third-order valence-electron chi connectivity index (χ3n) is 2.06. The molecule has 0 saturated carbocycles. The molecule has 0 fully saturated rings. The minimum absolute atomic E-state index is 0.620. The van der Waals surface area contributed by atoms with E-state index < -0.39 is 0 Å². The molecule has 1 unspecified atom stereocenters. The van der Waals surface area contributed by atoms with E-state index in [0.717, 1.165) is 18.5 Å². The van der Waals surface area contributed by atoms with Crippen LogP contribution < -0.4 is 0 Å². The highest BCUT2D eigenvalue weighted by Crippen LogP contribution is 2.30. The van der Waals surface area contributed by atoms with Gasteiger partial charge in [-0.1, -0.05) is 28.1 Å². The minimum Gasteiger partial charge on any atom is -0.257 e. The quantitative estimate of drug-likeness (QED) is 0.668. The van der Waals surface area contributed by atoms with Gasteiger partial charge in [0.1, 0.15) is 0 Å². The standard InChI is InChI=1S/C10H10BrN/c11-9-5-4-8(7-9)10-3-1-2-6-12-10/h1-4,6,9H,5,7H2. The van der Waals surface area contributed by atoms with Gasteiger partial charge in [-0.2, -0.15) is 0 Å². The van der Waals surface area contributed by atoms with Crippen LogP contribution >= 0.6 is 15.9 Å². The Morgan fingerprint density at radius 2 is 2.33 bits per heavy atom. The summed E-state index contributed by atoms with van der Waals surface area (Å²) in [6.45, 7) is 0. The zero-order valence-electron chi connectivity index (χ0n) is 6.70. The average molecular weight is 224 g/mol. The predicted molar refractivity (Wildman–Crippen MR) is 54.2 cm³/mol. The second-order valence-electron chi connectivity index (χ2n) is 2.98. The van der Waals surface area contributed by atoms with Crippen molar-refractivity contribution in [2.75, 3.05) is 0 Å². The first-order valence-electron chi connectivity index (χ1n) is 4.11.